The lowest BCUT2D eigenvalue weighted by Crippen LogP contribution is -2.37. The second kappa shape index (κ2) is 7.17. The van der Waals surface area contributed by atoms with Crippen LogP contribution in [0.5, 0.6) is 0 Å². The number of halogens is 1. The van der Waals surface area contributed by atoms with Gasteiger partial charge in [-0.2, -0.15) is 4.39 Å². The van der Waals surface area contributed by atoms with Gasteiger partial charge in [-0.05, 0) is 18.6 Å². The third kappa shape index (κ3) is 4.30. The van der Waals surface area contributed by atoms with E-state index in [9.17, 15) is 24.1 Å². The molecule has 7 nitrogen and oxygen atoms in total. The SMILES string of the molecule is CCCNC(=O)CNC(=O)c1ccc(F)c([N+](=O)[O-])c1. The Hall–Kier alpha value is -2.51. The first-order valence-electron chi connectivity index (χ1n) is 5.94. The summed E-state index contributed by atoms with van der Waals surface area (Å²) in [6.45, 7) is 2.14. The summed E-state index contributed by atoms with van der Waals surface area (Å²) in [6.07, 6.45) is 0.768. The Labute approximate surface area is 114 Å². The fourth-order valence-electron chi connectivity index (χ4n) is 1.38. The maximum atomic E-state index is 13.1. The minimum Gasteiger partial charge on any atom is -0.355 e. The average molecular weight is 283 g/mol. The molecule has 0 aliphatic rings. The molecule has 0 saturated heterocycles. The molecule has 0 aliphatic carbocycles. The average Bonchev–Trinajstić information content (AvgIpc) is 2.42. The van der Waals surface area contributed by atoms with Gasteiger partial charge < -0.3 is 10.6 Å². The van der Waals surface area contributed by atoms with Crippen LogP contribution in [0.15, 0.2) is 18.2 Å². The standard InChI is InChI=1S/C12H14FN3O4/c1-2-5-14-11(17)7-15-12(18)8-3-4-9(13)10(6-8)16(19)20/h3-4,6H,2,5,7H2,1H3,(H,14,17)(H,15,18). The van der Waals surface area contributed by atoms with Crippen molar-refractivity contribution in [2.75, 3.05) is 13.1 Å². The minimum atomic E-state index is -1.02. The highest BCUT2D eigenvalue weighted by atomic mass is 19.1. The van der Waals surface area contributed by atoms with Crippen LogP contribution in [0.25, 0.3) is 0 Å². The number of hydrogen-bond acceptors (Lipinski definition) is 4. The van der Waals surface area contributed by atoms with Crippen LogP contribution in [-0.2, 0) is 4.79 Å². The Morgan fingerprint density at radius 2 is 2.05 bits per heavy atom. The van der Waals surface area contributed by atoms with Crippen molar-refractivity contribution in [3.63, 3.8) is 0 Å². The second-order valence-electron chi connectivity index (χ2n) is 3.96. The van der Waals surface area contributed by atoms with Crippen LogP contribution in [0.3, 0.4) is 0 Å². The number of nitrogens with one attached hydrogen (secondary N) is 2. The third-order valence-corrected chi connectivity index (χ3v) is 2.39. The van der Waals surface area contributed by atoms with E-state index < -0.39 is 22.3 Å². The second-order valence-corrected chi connectivity index (χ2v) is 3.96. The summed E-state index contributed by atoms with van der Waals surface area (Å²) >= 11 is 0. The van der Waals surface area contributed by atoms with Gasteiger partial charge in [-0.3, -0.25) is 19.7 Å². The Morgan fingerprint density at radius 3 is 2.65 bits per heavy atom. The van der Waals surface area contributed by atoms with Gasteiger partial charge in [0.15, 0.2) is 0 Å². The van der Waals surface area contributed by atoms with E-state index in [1.165, 1.54) is 0 Å². The van der Waals surface area contributed by atoms with Crippen LogP contribution >= 0.6 is 0 Å². The van der Waals surface area contributed by atoms with Crippen LogP contribution in [0, 0.1) is 15.9 Å². The molecule has 2 N–H and O–H groups in total. The summed E-state index contributed by atoms with van der Waals surface area (Å²) in [7, 11) is 0. The minimum absolute atomic E-state index is 0.0820. The van der Waals surface area contributed by atoms with E-state index in [1.54, 1.807) is 0 Å². The lowest BCUT2D eigenvalue weighted by Gasteiger charge is -2.06. The van der Waals surface area contributed by atoms with Crippen LogP contribution in [0.1, 0.15) is 23.7 Å². The van der Waals surface area contributed by atoms with Gasteiger partial charge in [0, 0.05) is 18.2 Å². The maximum absolute atomic E-state index is 13.1. The molecule has 20 heavy (non-hydrogen) atoms. The molecule has 1 rings (SSSR count). The van der Waals surface area contributed by atoms with E-state index >= 15 is 0 Å². The van der Waals surface area contributed by atoms with Crippen molar-refractivity contribution in [2.24, 2.45) is 0 Å². The zero-order valence-corrected chi connectivity index (χ0v) is 10.8. The monoisotopic (exact) mass is 283 g/mol. The van der Waals surface area contributed by atoms with Crippen molar-refractivity contribution in [1.29, 1.82) is 0 Å². The van der Waals surface area contributed by atoms with E-state index in [2.05, 4.69) is 10.6 Å². The van der Waals surface area contributed by atoms with E-state index in [1.807, 2.05) is 6.92 Å². The van der Waals surface area contributed by atoms with Crippen molar-refractivity contribution < 1.29 is 18.9 Å². The van der Waals surface area contributed by atoms with Crippen molar-refractivity contribution >= 4 is 17.5 Å². The zero-order chi connectivity index (χ0) is 15.1. The number of hydrogen-bond donors (Lipinski definition) is 2. The number of nitro benzene ring substituents is 1. The Balaban J connectivity index is 2.66. The molecule has 108 valence electrons. The molecule has 0 saturated carbocycles. The molecule has 1 aromatic rings. The third-order valence-electron chi connectivity index (χ3n) is 2.39. The van der Waals surface area contributed by atoms with Gasteiger partial charge in [0.25, 0.3) is 5.91 Å². The molecule has 0 bridgehead atoms. The molecule has 8 heteroatoms. The maximum Gasteiger partial charge on any atom is 0.305 e. The van der Waals surface area contributed by atoms with Crippen molar-refractivity contribution in [2.45, 2.75) is 13.3 Å². The highest BCUT2D eigenvalue weighted by Crippen LogP contribution is 2.18. The van der Waals surface area contributed by atoms with Gasteiger partial charge in [0.05, 0.1) is 11.5 Å². The lowest BCUT2D eigenvalue weighted by atomic mass is 10.2. The Morgan fingerprint density at radius 1 is 1.35 bits per heavy atom. The molecular weight excluding hydrogens is 269 g/mol. The number of carbonyl (C=O) groups is 2. The molecule has 2 amide bonds. The summed E-state index contributed by atoms with van der Waals surface area (Å²) in [5, 5.41) is 15.4. The van der Waals surface area contributed by atoms with E-state index in [0.717, 1.165) is 24.6 Å². The molecule has 0 atom stereocenters. The lowest BCUT2D eigenvalue weighted by molar-refractivity contribution is -0.387. The quantitative estimate of drug-likeness (QED) is 0.600. The Bertz CT molecular complexity index is 533. The first kappa shape index (κ1) is 15.5. The Kier molecular flexibility index (Phi) is 5.57. The van der Waals surface area contributed by atoms with E-state index in [4.69, 9.17) is 0 Å². The summed E-state index contributed by atoms with van der Waals surface area (Å²) in [5.74, 6) is -2.07. The topological polar surface area (TPSA) is 101 Å². The fourth-order valence-corrected chi connectivity index (χ4v) is 1.38. The highest BCUT2D eigenvalue weighted by molar-refractivity contribution is 5.96. The van der Waals surface area contributed by atoms with Gasteiger partial charge in [-0.15, -0.1) is 0 Å². The predicted molar refractivity (Wildman–Crippen MR) is 68.7 cm³/mol. The summed E-state index contributed by atoms with van der Waals surface area (Å²) in [5.41, 5.74) is -0.866. The van der Waals surface area contributed by atoms with E-state index in [0.29, 0.717) is 6.54 Å². The summed E-state index contributed by atoms with van der Waals surface area (Å²) in [4.78, 5) is 32.6. The van der Waals surface area contributed by atoms with Crippen LogP contribution in [0.4, 0.5) is 10.1 Å². The van der Waals surface area contributed by atoms with Crippen molar-refractivity contribution in [3.8, 4) is 0 Å². The number of carbonyl (C=O) groups excluding carboxylic acids is 2. The fraction of sp³-hybridized carbons (Fsp3) is 0.333. The van der Waals surface area contributed by atoms with Crippen LogP contribution in [0.2, 0.25) is 0 Å². The first-order chi connectivity index (χ1) is 9.45. The number of nitro groups is 1. The van der Waals surface area contributed by atoms with Gasteiger partial charge in [0.1, 0.15) is 0 Å². The molecule has 0 fully saturated rings. The molecule has 1 aromatic carbocycles. The van der Waals surface area contributed by atoms with Crippen LogP contribution < -0.4 is 10.6 Å². The summed E-state index contributed by atoms with van der Waals surface area (Å²) < 4.78 is 13.1. The predicted octanol–water partition coefficient (Wildman–Crippen LogP) is 0.990. The smallest absolute Gasteiger partial charge is 0.305 e. The highest BCUT2D eigenvalue weighted by Gasteiger charge is 2.17. The van der Waals surface area contributed by atoms with Crippen molar-refractivity contribution in [1.82, 2.24) is 10.6 Å². The number of amides is 2. The molecule has 0 heterocycles. The molecule has 0 spiro atoms. The molecule has 0 radical (unpaired) electrons. The number of benzene rings is 1. The zero-order valence-electron chi connectivity index (χ0n) is 10.8. The molecule has 0 aromatic heterocycles. The van der Waals surface area contributed by atoms with Gasteiger partial charge in [0.2, 0.25) is 11.7 Å². The normalized spacial score (nSPS) is 9.90. The van der Waals surface area contributed by atoms with Gasteiger partial charge in [-0.25, -0.2) is 0 Å². The summed E-state index contributed by atoms with van der Waals surface area (Å²) in [6, 6.07) is 2.78. The number of rotatable bonds is 6. The first-order valence-corrected chi connectivity index (χ1v) is 5.94. The molecule has 0 unspecified atom stereocenters. The van der Waals surface area contributed by atoms with Crippen LogP contribution in [-0.4, -0.2) is 29.8 Å². The van der Waals surface area contributed by atoms with E-state index in [-0.39, 0.29) is 18.0 Å². The van der Waals surface area contributed by atoms with Gasteiger partial charge in [-0.1, -0.05) is 6.92 Å². The van der Waals surface area contributed by atoms with Crippen molar-refractivity contribution in [3.05, 3.63) is 39.7 Å². The molecular formula is C12H14FN3O4. The number of nitrogens with zero attached hydrogens (tertiary/aromatic N) is 1. The molecule has 0 aliphatic heterocycles. The largest absolute Gasteiger partial charge is 0.355 e. The van der Waals surface area contributed by atoms with Gasteiger partial charge >= 0.3 is 5.69 Å².